The van der Waals surface area contributed by atoms with Gasteiger partial charge in [-0.3, -0.25) is 4.79 Å². The van der Waals surface area contributed by atoms with E-state index < -0.39 is 0 Å². The fraction of sp³-hybridized carbons (Fsp3) is 0.500. The van der Waals surface area contributed by atoms with Gasteiger partial charge < -0.3 is 15.4 Å². The molecule has 0 aliphatic heterocycles. The highest BCUT2D eigenvalue weighted by atomic mass is 32.1. The molecule has 0 unspecified atom stereocenters. The zero-order valence-corrected chi connectivity index (χ0v) is 20.7. The lowest BCUT2D eigenvalue weighted by molar-refractivity contribution is 0.0952. The summed E-state index contributed by atoms with van der Waals surface area (Å²) in [6.45, 7) is 7.26. The molecular weight excluding hydrogens is 432 g/mol. The number of hydrogen-bond acceptors (Lipinski definition) is 6. The third-order valence-corrected chi connectivity index (χ3v) is 6.42. The maximum absolute atomic E-state index is 12.8. The standard InChI is InChI=1S/C26H36N4O2S/c1-3-5-6-7-8-9-14-27-16-20-10-12-21(13-11-20)17-28-24(31)22-18-33-26-23(22)25(29-19-30-26)32-15-4-2/h10-13,18-19,27H,3-9,14-17H2,1-2H3,(H,28,31). The Morgan fingerprint density at radius 2 is 1.67 bits per heavy atom. The predicted molar refractivity (Wildman–Crippen MR) is 136 cm³/mol. The molecule has 7 heteroatoms. The normalized spacial score (nSPS) is 11.1. The number of thiophene rings is 1. The molecule has 2 N–H and O–H groups in total. The topological polar surface area (TPSA) is 76.1 Å². The SMILES string of the molecule is CCCCCCCCNCc1ccc(CNC(=O)c2csc3ncnc(OCCC)c23)cc1. The zero-order valence-electron chi connectivity index (χ0n) is 19.9. The third-order valence-electron chi connectivity index (χ3n) is 5.54. The van der Waals surface area contributed by atoms with E-state index in [0.29, 0.717) is 30.0 Å². The smallest absolute Gasteiger partial charge is 0.253 e. The minimum absolute atomic E-state index is 0.137. The van der Waals surface area contributed by atoms with Crippen LogP contribution in [0.2, 0.25) is 0 Å². The van der Waals surface area contributed by atoms with Crippen molar-refractivity contribution in [2.45, 2.75) is 71.9 Å². The van der Waals surface area contributed by atoms with Gasteiger partial charge in [0.1, 0.15) is 11.2 Å². The molecule has 6 nitrogen and oxygen atoms in total. The van der Waals surface area contributed by atoms with Gasteiger partial charge in [0.05, 0.1) is 17.6 Å². The number of nitrogens with zero attached hydrogens (tertiary/aromatic N) is 2. The second-order valence-electron chi connectivity index (χ2n) is 8.30. The molecule has 0 saturated heterocycles. The van der Waals surface area contributed by atoms with Crippen LogP contribution in [0.4, 0.5) is 0 Å². The summed E-state index contributed by atoms with van der Waals surface area (Å²) in [5.41, 5.74) is 2.90. The second-order valence-corrected chi connectivity index (χ2v) is 9.16. The fourth-order valence-electron chi connectivity index (χ4n) is 3.64. The quantitative estimate of drug-likeness (QED) is 0.273. The summed E-state index contributed by atoms with van der Waals surface area (Å²) in [6, 6.07) is 8.40. The van der Waals surface area contributed by atoms with Crippen LogP contribution in [0.15, 0.2) is 36.0 Å². The highest BCUT2D eigenvalue weighted by Crippen LogP contribution is 2.30. The van der Waals surface area contributed by atoms with E-state index in [1.807, 2.05) is 12.3 Å². The molecule has 0 saturated carbocycles. The summed E-state index contributed by atoms with van der Waals surface area (Å²) in [5, 5.41) is 9.06. The zero-order chi connectivity index (χ0) is 23.3. The minimum atomic E-state index is -0.137. The maximum Gasteiger partial charge on any atom is 0.253 e. The lowest BCUT2D eigenvalue weighted by atomic mass is 10.1. The molecule has 33 heavy (non-hydrogen) atoms. The van der Waals surface area contributed by atoms with E-state index in [-0.39, 0.29) is 5.91 Å². The molecule has 0 aliphatic carbocycles. The molecule has 1 aromatic carbocycles. The van der Waals surface area contributed by atoms with Crippen LogP contribution in [-0.2, 0) is 13.1 Å². The minimum Gasteiger partial charge on any atom is -0.477 e. The Kier molecular flexibility index (Phi) is 10.6. The van der Waals surface area contributed by atoms with Gasteiger partial charge in [-0.25, -0.2) is 9.97 Å². The number of hydrogen-bond donors (Lipinski definition) is 2. The van der Waals surface area contributed by atoms with Crippen LogP contribution in [0.5, 0.6) is 5.88 Å². The lowest BCUT2D eigenvalue weighted by Crippen LogP contribution is -2.22. The number of unbranched alkanes of at least 4 members (excludes halogenated alkanes) is 5. The molecule has 0 aliphatic rings. The number of carbonyl (C=O) groups excluding carboxylic acids is 1. The van der Waals surface area contributed by atoms with Crippen molar-refractivity contribution >= 4 is 27.5 Å². The first-order chi connectivity index (χ1) is 16.2. The van der Waals surface area contributed by atoms with E-state index in [1.54, 1.807) is 0 Å². The Hall–Kier alpha value is -2.51. The van der Waals surface area contributed by atoms with Crippen molar-refractivity contribution in [3.63, 3.8) is 0 Å². The van der Waals surface area contributed by atoms with Gasteiger partial charge in [0.25, 0.3) is 5.91 Å². The summed E-state index contributed by atoms with van der Waals surface area (Å²) in [4.78, 5) is 22.1. The Labute approximate surface area is 201 Å². The maximum atomic E-state index is 12.8. The number of carbonyl (C=O) groups is 1. The summed E-state index contributed by atoms with van der Waals surface area (Å²) >= 11 is 1.43. The van der Waals surface area contributed by atoms with Crippen LogP contribution in [0.25, 0.3) is 10.2 Å². The van der Waals surface area contributed by atoms with Gasteiger partial charge in [-0.05, 0) is 30.5 Å². The summed E-state index contributed by atoms with van der Waals surface area (Å²) in [5.74, 6) is 0.341. The van der Waals surface area contributed by atoms with Crippen LogP contribution >= 0.6 is 11.3 Å². The molecule has 2 heterocycles. The van der Waals surface area contributed by atoms with E-state index in [2.05, 4.69) is 51.8 Å². The highest BCUT2D eigenvalue weighted by Gasteiger charge is 2.18. The van der Waals surface area contributed by atoms with E-state index in [1.165, 1.54) is 61.8 Å². The molecule has 0 fully saturated rings. The molecular formula is C26H36N4O2S. The number of fused-ring (bicyclic) bond motifs is 1. The summed E-state index contributed by atoms with van der Waals surface area (Å²) < 4.78 is 5.73. The first kappa shape index (κ1) is 25.1. The Balaban J connectivity index is 1.45. The first-order valence-electron chi connectivity index (χ1n) is 12.1. The molecule has 3 rings (SSSR count). The number of nitrogens with one attached hydrogen (secondary N) is 2. The van der Waals surface area contributed by atoms with Gasteiger partial charge >= 0.3 is 0 Å². The van der Waals surface area contributed by atoms with E-state index in [9.17, 15) is 4.79 Å². The monoisotopic (exact) mass is 468 g/mol. The Morgan fingerprint density at radius 3 is 2.42 bits per heavy atom. The van der Waals surface area contributed by atoms with Crippen LogP contribution in [0, 0.1) is 0 Å². The van der Waals surface area contributed by atoms with Crippen molar-refractivity contribution in [1.82, 2.24) is 20.6 Å². The Bertz CT molecular complexity index is 988. The lowest BCUT2D eigenvalue weighted by Gasteiger charge is -2.09. The number of amides is 1. The van der Waals surface area contributed by atoms with Gasteiger partial charge in [-0.1, -0.05) is 70.2 Å². The molecule has 1 amide bonds. The Morgan fingerprint density at radius 1 is 0.939 bits per heavy atom. The number of aromatic nitrogens is 2. The molecule has 3 aromatic rings. The summed E-state index contributed by atoms with van der Waals surface area (Å²) in [7, 11) is 0. The van der Waals surface area contributed by atoms with E-state index >= 15 is 0 Å². The largest absolute Gasteiger partial charge is 0.477 e. The van der Waals surface area contributed by atoms with Crippen LogP contribution in [0.1, 0.15) is 80.3 Å². The fourth-order valence-corrected chi connectivity index (χ4v) is 4.52. The van der Waals surface area contributed by atoms with Crippen molar-refractivity contribution < 1.29 is 9.53 Å². The van der Waals surface area contributed by atoms with Gasteiger partial charge in [-0.15, -0.1) is 11.3 Å². The van der Waals surface area contributed by atoms with Crippen LogP contribution < -0.4 is 15.4 Å². The molecule has 0 bridgehead atoms. The highest BCUT2D eigenvalue weighted by molar-refractivity contribution is 7.17. The average molecular weight is 469 g/mol. The van der Waals surface area contributed by atoms with Gasteiger partial charge in [0.2, 0.25) is 5.88 Å². The number of ether oxygens (including phenoxy) is 1. The van der Waals surface area contributed by atoms with Gasteiger partial charge in [0, 0.05) is 18.5 Å². The number of rotatable bonds is 15. The summed E-state index contributed by atoms with van der Waals surface area (Å²) in [6.07, 6.45) is 10.3. The van der Waals surface area contributed by atoms with Gasteiger partial charge in [0.15, 0.2) is 0 Å². The van der Waals surface area contributed by atoms with E-state index in [0.717, 1.165) is 29.9 Å². The molecule has 2 aromatic heterocycles. The third kappa shape index (κ3) is 7.79. The predicted octanol–water partition coefficient (Wildman–Crippen LogP) is 5.86. The molecule has 178 valence electrons. The average Bonchev–Trinajstić information content (AvgIpc) is 3.28. The second kappa shape index (κ2) is 13.9. The van der Waals surface area contributed by atoms with Crippen molar-refractivity contribution in [3.8, 4) is 5.88 Å². The van der Waals surface area contributed by atoms with E-state index in [4.69, 9.17) is 4.74 Å². The molecule has 0 radical (unpaired) electrons. The van der Waals surface area contributed by atoms with Crippen molar-refractivity contribution in [2.24, 2.45) is 0 Å². The van der Waals surface area contributed by atoms with Crippen LogP contribution in [0.3, 0.4) is 0 Å². The number of benzene rings is 1. The van der Waals surface area contributed by atoms with Crippen molar-refractivity contribution in [1.29, 1.82) is 0 Å². The first-order valence-corrected chi connectivity index (χ1v) is 13.0. The molecule has 0 spiro atoms. The van der Waals surface area contributed by atoms with Crippen molar-refractivity contribution in [2.75, 3.05) is 13.2 Å². The molecule has 0 atom stereocenters. The van der Waals surface area contributed by atoms with Crippen LogP contribution in [-0.4, -0.2) is 29.0 Å². The van der Waals surface area contributed by atoms with Gasteiger partial charge in [-0.2, -0.15) is 0 Å². The van der Waals surface area contributed by atoms with Crippen molar-refractivity contribution in [3.05, 3.63) is 52.7 Å².